The van der Waals surface area contributed by atoms with Crippen LogP contribution in [0.25, 0.3) is 10.9 Å². The number of carbonyl (C=O) groups excluding carboxylic acids is 4. The number of rotatable bonds is 10. The van der Waals surface area contributed by atoms with Crippen LogP contribution in [0.4, 0.5) is 5.69 Å². The number of nitrogens with zero attached hydrogens (tertiary/aromatic N) is 3. The lowest BCUT2D eigenvalue weighted by Gasteiger charge is -2.39. The Morgan fingerprint density at radius 3 is 2.49 bits per heavy atom. The van der Waals surface area contributed by atoms with Crippen molar-refractivity contribution in [1.82, 2.24) is 25.4 Å². The molecular weight excluding hydrogens is 572 g/mol. The van der Waals surface area contributed by atoms with Gasteiger partial charge in [0, 0.05) is 37.0 Å². The summed E-state index contributed by atoms with van der Waals surface area (Å²) in [7, 11) is 1.87. The molecule has 2 saturated heterocycles. The molecule has 238 valence electrons. The molecule has 2 fully saturated rings. The molecule has 4 amide bonds. The summed E-state index contributed by atoms with van der Waals surface area (Å²) in [6.07, 6.45) is 2.86. The summed E-state index contributed by atoms with van der Waals surface area (Å²) in [4.78, 5) is 60.8. The van der Waals surface area contributed by atoms with Crippen LogP contribution in [0.15, 0.2) is 66.9 Å². The first kappa shape index (κ1) is 32.1. The Morgan fingerprint density at radius 2 is 1.71 bits per heavy atom. The number of piperidine rings is 1. The number of hydrogen-bond donors (Lipinski definition) is 4. The summed E-state index contributed by atoms with van der Waals surface area (Å²) in [5.74, 6) is -1.20. The van der Waals surface area contributed by atoms with Crippen molar-refractivity contribution >= 4 is 40.2 Å². The van der Waals surface area contributed by atoms with Crippen molar-refractivity contribution in [1.29, 1.82) is 0 Å². The molecule has 1 aromatic heterocycles. The van der Waals surface area contributed by atoms with Crippen LogP contribution in [-0.4, -0.2) is 93.9 Å². The minimum atomic E-state index is -1.22. The van der Waals surface area contributed by atoms with E-state index in [1.165, 1.54) is 4.90 Å². The monoisotopic (exact) mass is 614 g/mol. The van der Waals surface area contributed by atoms with Crippen LogP contribution in [-0.2, 0) is 25.6 Å². The average Bonchev–Trinajstić information content (AvgIpc) is 3.48. The number of hydrogen-bond acceptors (Lipinski definition) is 7. The van der Waals surface area contributed by atoms with Gasteiger partial charge in [0.25, 0.3) is 0 Å². The zero-order valence-electron chi connectivity index (χ0n) is 25.8. The number of anilines is 1. The number of aromatic nitrogens is 1. The van der Waals surface area contributed by atoms with Crippen LogP contribution < -0.4 is 16.0 Å². The fraction of sp³-hybridized carbons (Fsp3) is 0.441. The van der Waals surface area contributed by atoms with Crippen LogP contribution >= 0.6 is 0 Å². The lowest BCUT2D eigenvalue weighted by molar-refractivity contribution is -0.142. The molecule has 0 bridgehead atoms. The van der Waals surface area contributed by atoms with Gasteiger partial charge in [-0.15, -0.1) is 0 Å². The fourth-order valence-corrected chi connectivity index (χ4v) is 6.20. The van der Waals surface area contributed by atoms with Crippen LogP contribution in [0.2, 0.25) is 0 Å². The fourth-order valence-electron chi connectivity index (χ4n) is 6.20. The summed E-state index contributed by atoms with van der Waals surface area (Å²) in [5, 5.41) is 20.3. The highest BCUT2D eigenvalue weighted by molar-refractivity contribution is 5.99. The van der Waals surface area contributed by atoms with E-state index in [1.54, 1.807) is 13.1 Å². The number of likely N-dealkylation sites (N-methyl/N-ethyl adjacent to an activating group) is 1. The standard InChI is InChI=1S/C34H42N6O5/c1-3-31(42)36-24-15-16-39(2)29(18-24)34(45)40-21-26(38-33(44)30(41)14-13-22-9-5-4-6-10-22)19-28(40)32(43)37-25-17-23-11-7-8-12-27(23)35-20-25/h4-12,17,20,24,26,28-30,41H,3,13-16,18-19,21H2,1-2H3,(H,36,42)(H,37,43)(H,38,44)/t24-,26+,28-,29-,30+/m0/s1. The minimum Gasteiger partial charge on any atom is -0.383 e. The number of nitrogens with one attached hydrogen (secondary N) is 3. The predicted octanol–water partition coefficient (Wildman–Crippen LogP) is 2.24. The van der Waals surface area contributed by atoms with Gasteiger partial charge in [0.05, 0.1) is 23.4 Å². The minimum absolute atomic E-state index is 0.0632. The van der Waals surface area contributed by atoms with Crippen molar-refractivity contribution in [2.24, 2.45) is 0 Å². The Balaban J connectivity index is 1.30. The number of benzene rings is 2. The van der Waals surface area contributed by atoms with E-state index in [2.05, 4.69) is 20.9 Å². The van der Waals surface area contributed by atoms with E-state index in [9.17, 15) is 24.3 Å². The molecule has 5 atom stereocenters. The van der Waals surface area contributed by atoms with E-state index >= 15 is 0 Å². The number of likely N-dealkylation sites (tertiary alicyclic amines) is 2. The smallest absolute Gasteiger partial charge is 0.249 e. The molecule has 0 radical (unpaired) electrons. The van der Waals surface area contributed by atoms with Gasteiger partial charge in [-0.1, -0.05) is 55.5 Å². The number of aryl methyl sites for hydroxylation is 1. The molecule has 3 aromatic rings. The zero-order chi connectivity index (χ0) is 31.9. The molecule has 3 heterocycles. The SMILES string of the molecule is CCC(=O)N[C@H]1CCN(C)[C@H](C(=O)N2C[C@H](NC(=O)[C@H](O)CCc3ccccc3)C[C@H]2C(=O)Nc2cnc3ccccc3c2)C1. The molecular formula is C34H42N6O5. The van der Waals surface area contributed by atoms with E-state index in [0.717, 1.165) is 22.9 Å². The van der Waals surface area contributed by atoms with Gasteiger partial charge in [-0.2, -0.15) is 0 Å². The Labute approximate surface area is 263 Å². The van der Waals surface area contributed by atoms with Crippen LogP contribution in [0, 0.1) is 0 Å². The summed E-state index contributed by atoms with van der Waals surface area (Å²) in [5.41, 5.74) is 2.32. The Bertz CT molecular complexity index is 1520. The number of carbonyl (C=O) groups is 4. The summed E-state index contributed by atoms with van der Waals surface area (Å²) < 4.78 is 0. The van der Waals surface area contributed by atoms with E-state index in [-0.39, 0.29) is 43.1 Å². The first-order chi connectivity index (χ1) is 21.7. The van der Waals surface area contributed by atoms with Gasteiger partial charge in [0.15, 0.2) is 0 Å². The molecule has 11 heteroatoms. The second-order valence-corrected chi connectivity index (χ2v) is 12.0. The Kier molecular flexibility index (Phi) is 10.4. The van der Waals surface area contributed by atoms with Crippen molar-refractivity contribution in [3.63, 3.8) is 0 Å². The second-order valence-electron chi connectivity index (χ2n) is 12.0. The average molecular weight is 615 g/mol. The maximum atomic E-state index is 14.1. The van der Waals surface area contributed by atoms with E-state index in [4.69, 9.17) is 0 Å². The second kappa shape index (κ2) is 14.6. The number of fused-ring (bicyclic) bond motifs is 1. The molecule has 2 aliphatic rings. The first-order valence-corrected chi connectivity index (χ1v) is 15.7. The largest absolute Gasteiger partial charge is 0.383 e. The summed E-state index contributed by atoms with van der Waals surface area (Å²) in [6, 6.07) is 17.0. The Hall–Kier alpha value is -4.35. The molecule has 0 aliphatic carbocycles. The third kappa shape index (κ3) is 8.03. The van der Waals surface area contributed by atoms with Crippen molar-refractivity contribution in [2.45, 2.75) is 75.7 Å². The van der Waals surface area contributed by atoms with Gasteiger partial charge in [-0.25, -0.2) is 0 Å². The third-order valence-corrected chi connectivity index (χ3v) is 8.78. The molecule has 11 nitrogen and oxygen atoms in total. The highest BCUT2D eigenvalue weighted by Gasteiger charge is 2.44. The highest BCUT2D eigenvalue weighted by Crippen LogP contribution is 2.26. The maximum Gasteiger partial charge on any atom is 0.249 e. The van der Waals surface area contributed by atoms with Crippen molar-refractivity contribution in [3.8, 4) is 0 Å². The number of aliphatic hydroxyl groups is 1. The summed E-state index contributed by atoms with van der Waals surface area (Å²) >= 11 is 0. The lowest BCUT2D eigenvalue weighted by Crippen LogP contribution is -2.57. The number of aliphatic hydroxyl groups excluding tert-OH is 1. The zero-order valence-corrected chi connectivity index (χ0v) is 25.8. The maximum absolute atomic E-state index is 14.1. The quantitative estimate of drug-likeness (QED) is 0.274. The third-order valence-electron chi connectivity index (χ3n) is 8.78. The number of pyridine rings is 1. The molecule has 0 saturated carbocycles. The van der Waals surface area contributed by atoms with Crippen molar-refractivity contribution < 1.29 is 24.3 Å². The molecule has 2 aliphatic heterocycles. The van der Waals surface area contributed by atoms with Gasteiger partial charge in [-0.3, -0.25) is 29.1 Å². The molecule has 5 rings (SSSR count). The van der Waals surface area contributed by atoms with Gasteiger partial charge in [0.1, 0.15) is 12.1 Å². The molecule has 45 heavy (non-hydrogen) atoms. The van der Waals surface area contributed by atoms with E-state index in [0.29, 0.717) is 31.5 Å². The van der Waals surface area contributed by atoms with Crippen LogP contribution in [0.5, 0.6) is 0 Å². The van der Waals surface area contributed by atoms with Crippen LogP contribution in [0.1, 0.15) is 44.6 Å². The lowest BCUT2D eigenvalue weighted by atomic mass is 9.96. The molecule has 0 spiro atoms. The topological polar surface area (TPSA) is 144 Å². The number of amides is 4. The first-order valence-electron chi connectivity index (χ1n) is 15.7. The van der Waals surface area contributed by atoms with Crippen LogP contribution in [0.3, 0.4) is 0 Å². The van der Waals surface area contributed by atoms with Crippen molar-refractivity contribution in [2.75, 3.05) is 25.5 Å². The number of para-hydroxylation sites is 1. The Morgan fingerprint density at radius 1 is 0.978 bits per heavy atom. The molecule has 2 aromatic carbocycles. The summed E-state index contributed by atoms with van der Waals surface area (Å²) in [6.45, 7) is 2.53. The van der Waals surface area contributed by atoms with E-state index < -0.39 is 30.1 Å². The molecule has 0 unspecified atom stereocenters. The van der Waals surface area contributed by atoms with Gasteiger partial charge in [0.2, 0.25) is 23.6 Å². The predicted molar refractivity (Wildman–Crippen MR) is 171 cm³/mol. The van der Waals surface area contributed by atoms with Gasteiger partial charge in [-0.05, 0) is 56.8 Å². The highest BCUT2D eigenvalue weighted by atomic mass is 16.3. The van der Waals surface area contributed by atoms with E-state index in [1.807, 2.05) is 72.6 Å². The normalized spacial score (nSPS) is 22.5. The van der Waals surface area contributed by atoms with Gasteiger partial charge < -0.3 is 26.0 Å². The van der Waals surface area contributed by atoms with Gasteiger partial charge >= 0.3 is 0 Å². The molecule has 4 N–H and O–H groups in total. The van der Waals surface area contributed by atoms with Crippen molar-refractivity contribution in [3.05, 3.63) is 72.4 Å².